The molecule has 0 heterocycles. The number of nitrogens with zero attached hydrogens (tertiary/aromatic N) is 1. The Morgan fingerprint density at radius 3 is 2.10 bits per heavy atom. The highest BCUT2D eigenvalue weighted by molar-refractivity contribution is 6.06. The monoisotopic (exact) mass is 271 g/mol. The summed E-state index contributed by atoms with van der Waals surface area (Å²) in [5.41, 5.74) is 3.81. The van der Waals surface area contributed by atoms with Crippen molar-refractivity contribution in [2.75, 3.05) is 11.9 Å². The zero-order valence-corrected chi connectivity index (χ0v) is 12.2. The summed E-state index contributed by atoms with van der Waals surface area (Å²) in [5.74, 6) is -0.821. The van der Waals surface area contributed by atoms with Crippen LogP contribution in [0.3, 0.4) is 0 Å². The fourth-order valence-electron chi connectivity index (χ4n) is 2.24. The average Bonchev–Trinajstić information content (AvgIpc) is 2.36. The largest absolute Gasteiger partial charge is 0.311 e. The molecule has 2 aromatic rings. The SMILES string of the molecule is Cc1cc(C)cc(N(C)C(=O)c2ccc(C)cc2F)c1. The Morgan fingerprint density at radius 2 is 1.55 bits per heavy atom. The first-order valence-electron chi connectivity index (χ1n) is 6.51. The second kappa shape index (κ2) is 5.45. The van der Waals surface area contributed by atoms with Gasteiger partial charge in [-0.1, -0.05) is 12.1 Å². The van der Waals surface area contributed by atoms with E-state index in [9.17, 15) is 9.18 Å². The van der Waals surface area contributed by atoms with E-state index in [1.165, 1.54) is 17.0 Å². The molecule has 0 aliphatic rings. The van der Waals surface area contributed by atoms with Crippen molar-refractivity contribution < 1.29 is 9.18 Å². The molecule has 1 amide bonds. The lowest BCUT2D eigenvalue weighted by atomic mass is 10.1. The molecule has 2 rings (SSSR count). The van der Waals surface area contributed by atoms with Crippen LogP contribution < -0.4 is 4.90 Å². The summed E-state index contributed by atoms with van der Waals surface area (Å²) < 4.78 is 13.9. The lowest BCUT2D eigenvalue weighted by Gasteiger charge is -2.19. The second-order valence-corrected chi connectivity index (χ2v) is 5.19. The highest BCUT2D eigenvalue weighted by Gasteiger charge is 2.17. The fourth-order valence-corrected chi connectivity index (χ4v) is 2.24. The van der Waals surface area contributed by atoms with E-state index in [-0.39, 0.29) is 11.5 Å². The minimum absolute atomic E-state index is 0.0947. The maximum Gasteiger partial charge on any atom is 0.260 e. The first-order valence-corrected chi connectivity index (χ1v) is 6.51. The summed E-state index contributed by atoms with van der Waals surface area (Å²) >= 11 is 0. The molecule has 0 saturated carbocycles. The Hall–Kier alpha value is -2.16. The van der Waals surface area contributed by atoms with Gasteiger partial charge < -0.3 is 4.90 Å². The third-order valence-corrected chi connectivity index (χ3v) is 3.25. The van der Waals surface area contributed by atoms with E-state index < -0.39 is 5.82 Å². The van der Waals surface area contributed by atoms with Crippen LogP contribution in [0.15, 0.2) is 36.4 Å². The summed E-state index contributed by atoms with van der Waals surface area (Å²) in [6.45, 7) is 5.74. The normalized spacial score (nSPS) is 10.4. The third-order valence-electron chi connectivity index (χ3n) is 3.25. The van der Waals surface area contributed by atoms with E-state index in [0.717, 1.165) is 22.4 Å². The predicted molar refractivity (Wildman–Crippen MR) is 79.8 cm³/mol. The van der Waals surface area contributed by atoms with Gasteiger partial charge in [0.05, 0.1) is 5.56 Å². The molecule has 0 aromatic heterocycles. The van der Waals surface area contributed by atoms with E-state index in [0.29, 0.717) is 0 Å². The van der Waals surface area contributed by atoms with Gasteiger partial charge in [0.2, 0.25) is 0 Å². The molecule has 3 heteroatoms. The first kappa shape index (κ1) is 14.3. The van der Waals surface area contributed by atoms with Crippen LogP contribution in [0, 0.1) is 26.6 Å². The van der Waals surface area contributed by atoms with Crippen molar-refractivity contribution in [3.8, 4) is 0 Å². The van der Waals surface area contributed by atoms with Gasteiger partial charge in [-0.15, -0.1) is 0 Å². The summed E-state index contributed by atoms with van der Waals surface area (Å²) in [6, 6.07) is 10.5. The maximum absolute atomic E-state index is 13.9. The zero-order valence-electron chi connectivity index (χ0n) is 12.2. The third kappa shape index (κ3) is 2.87. The molecule has 0 fully saturated rings. The molecule has 0 aliphatic carbocycles. The minimum Gasteiger partial charge on any atom is -0.311 e. The van der Waals surface area contributed by atoms with E-state index >= 15 is 0 Å². The number of hydrogen-bond acceptors (Lipinski definition) is 1. The van der Waals surface area contributed by atoms with Crippen molar-refractivity contribution in [1.29, 1.82) is 0 Å². The zero-order chi connectivity index (χ0) is 14.9. The topological polar surface area (TPSA) is 20.3 Å². The quantitative estimate of drug-likeness (QED) is 0.807. The van der Waals surface area contributed by atoms with Gasteiger partial charge in [-0.05, 0) is 61.7 Å². The summed E-state index contributed by atoms with van der Waals surface area (Å²) in [5, 5.41) is 0. The molecule has 0 bridgehead atoms. The lowest BCUT2D eigenvalue weighted by Crippen LogP contribution is -2.27. The van der Waals surface area contributed by atoms with Gasteiger partial charge in [0, 0.05) is 12.7 Å². The molecule has 0 unspecified atom stereocenters. The average molecular weight is 271 g/mol. The van der Waals surface area contributed by atoms with Crippen LogP contribution in [0.2, 0.25) is 0 Å². The molecule has 104 valence electrons. The number of hydrogen-bond donors (Lipinski definition) is 0. The molecule has 0 N–H and O–H groups in total. The lowest BCUT2D eigenvalue weighted by molar-refractivity contribution is 0.0989. The van der Waals surface area contributed by atoms with Gasteiger partial charge in [-0.25, -0.2) is 4.39 Å². The summed E-state index contributed by atoms with van der Waals surface area (Å²) in [7, 11) is 1.66. The molecule has 0 aliphatic heterocycles. The maximum atomic E-state index is 13.9. The van der Waals surface area contributed by atoms with Gasteiger partial charge in [0.1, 0.15) is 5.82 Å². The highest BCUT2D eigenvalue weighted by Crippen LogP contribution is 2.21. The van der Waals surface area contributed by atoms with E-state index in [1.54, 1.807) is 20.0 Å². The van der Waals surface area contributed by atoms with Crippen LogP contribution in [0.5, 0.6) is 0 Å². The van der Waals surface area contributed by atoms with Crippen LogP contribution in [-0.2, 0) is 0 Å². The van der Waals surface area contributed by atoms with Crippen molar-refractivity contribution in [1.82, 2.24) is 0 Å². The first-order chi connectivity index (χ1) is 9.38. The highest BCUT2D eigenvalue weighted by atomic mass is 19.1. The van der Waals surface area contributed by atoms with Gasteiger partial charge in [-0.3, -0.25) is 4.79 Å². The molecule has 2 nitrogen and oxygen atoms in total. The van der Waals surface area contributed by atoms with Crippen molar-refractivity contribution in [2.24, 2.45) is 0 Å². The molecule has 2 aromatic carbocycles. The number of carbonyl (C=O) groups excluding carboxylic acids is 1. The van der Waals surface area contributed by atoms with Gasteiger partial charge in [0.15, 0.2) is 0 Å². The van der Waals surface area contributed by atoms with Crippen molar-refractivity contribution >= 4 is 11.6 Å². The molecular weight excluding hydrogens is 253 g/mol. The van der Waals surface area contributed by atoms with Gasteiger partial charge >= 0.3 is 0 Å². The standard InChI is InChI=1S/C17H18FNO/c1-11-5-6-15(16(18)10-11)17(20)19(4)14-8-12(2)7-13(3)9-14/h5-10H,1-4H3. The Bertz CT molecular complexity index is 644. The van der Waals surface area contributed by atoms with Crippen LogP contribution >= 0.6 is 0 Å². The summed E-state index contributed by atoms with van der Waals surface area (Å²) in [4.78, 5) is 13.9. The Kier molecular flexibility index (Phi) is 3.89. The number of anilines is 1. The summed E-state index contributed by atoms with van der Waals surface area (Å²) in [6.07, 6.45) is 0. The molecular formula is C17H18FNO. The molecule has 0 radical (unpaired) electrons. The molecule has 0 saturated heterocycles. The van der Waals surface area contributed by atoms with E-state index in [1.807, 2.05) is 32.0 Å². The Labute approximate surface area is 118 Å². The van der Waals surface area contributed by atoms with Crippen LogP contribution in [0.1, 0.15) is 27.0 Å². The van der Waals surface area contributed by atoms with Crippen molar-refractivity contribution in [3.63, 3.8) is 0 Å². The van der Waals surface area contributed by atoms with Crippen molar-refractivity contribution in [2.45, 2.75) is 20.8 Å². The van der Waals surface area contributed by atoms with Crippen LogP contribution in [0.25, 0.3) is 0 Å². The predicted octanol–water partition coefficient (Wildman–Crippen LogP) is 4.03. The van der Waals surface area contributed by atoms with Crippen LogP contribution in [0.4, 0.5) is 10.1 Å². The Morgan fingerprint density at radius 1 is 0.950 bits per heavy atom. The molecule has 0 atom stereocenters. The van der Waals surface area contributed by atoms with Crippen molar-refractivity contribution in [3.05, 3.63) is 64.5 Å². The smallest absolute Gasteiger partial charge is 0.260 e. The van der Waals surface area contributed by atoms with Crippen LogP contribution in [-0.4, -0.2) is 13.0 Å². The number of aryl methyl sites for hydroxylation is 3. The van der Waals surface area contributed by atoms with E-state index in [4.69, 9.17) is 0 Å². The number of benzene rings is 2. The molecule has 0 spiro atoms. The molecule has 20 heavy (non-hydrogen) atoms. The van der Waals surface area contributed by atoms with E-state index in [2.05, 4.69) is 0 Å². The number of rotatable bonds is 2. The second-order valence-electron chi connectivity index (χ2n) is 5.19. The van der Waals surface area contributed by atoms with Gasteiger partial charge in [0.25, 0.3) is 5.91 Å². The number of carbonyl (C=O) groups is 1. The van der Waals surface area contributed by atoms with Gasteiger partial charge in [-0.2, -0.15) is 0 Å². The minimum atomic E-state index is -0.480. The number of amides is 1. The number of halogens is 1. The fraction of sp³-hybridized carbons (Fsp3) is 0.235. The Balaban J connectivity index is 2.37.